The van der Waals surface area contributed by atoms with Crippen LogP contribution in [0.3, 0.4) is 0 Å². The molecule has 0 heterocycles. The van der Waals surface area contributed by atoms with E-state index < -0.39 is 24.0 Å². The van der Waals surface area contributed by atoms with E-state index >= 15 is 0 Å². The number of nitrogens with zero attached hydrogens (tertiary/aromatic N) is 2. The maximum absolute atomic E-state index is 12.7. The third-order valence-electron chi connectivity index (χ3n) is 5.38. The maximum atomic E-state index is 12.7. The highest BCUT2D eigenvalue weighted by atomic mass is 16.5. The second kappa shape index (κ2) is 11.4. The van der Waals surface area contributed by atoms with Crippen LogP contribution in [0.15, 0.2) is 12.1 Å². The lowest BCUT2D eigenvalue weighted by molar-refractivity contribution is -0.138. The van der Waals surface area contributed by atoms with E-state index in [2.05, 4.69) is 6.07 Å². The van der Waals surface area contributed by atoms with E-state index in [1.807, 2.05) is 20.8 Å². The van der Waals surface area contributed by atoms with Crippen LogP contribution in [0, 0.1) is 11.3 Å². The van der Waals surface area contributed by atoms with Gasteiger partial charge in [-0.3, -0.25) is 4.79 Å². The topological polar surface area (TPSA) is 98.1 Å². The van der Waals surface area contributed by atoms with Crippen LogP contribution in [-0.4, -0.2) is 55.8 Å². The fourth-order valence-electron chi connectivity index (χ4n) is 3.71. The first kappa shape index (κ1) is 24.3. The molecule has 31 heavy (non-hydrogen) atoms. The second-order valence-corrected chi connectivity index (χ2v) is 7.33. The number of hydrogen-bond acceptors (Lipinski definition) is 7. The number of carbonyl (C=O) groups excluding carboxylic acids is 2. The lowest BCUT2D eigenvalue weighted by Gasteiger charge is -2.38. The van der Waals surface area contributed by atoms with Gasteiger partial charge in [0, 0.05) is 7.05 Å². The molecule has 0 radical (unpaired) electrons. The van der Waals surface area contributed by atoms with Crippen molar-refractivity contribution >= 4 is 11.9 Å². The van der Waals surface area contributed by atoms with Crippen molar-refractivity contribution in [1.82, 2.24) is 4.90 Å². The Morgan fingerprint density at radius 1 is 1.00 bits per heavy atom. The van der Waals surface area contributed by atoms with Crippen LogP contribution in [0.25, 0.3) is 0 Å². The van der Waals surface area contributed by atoms with E-state index in [0.29, 0.717) is 49.9 Å². The number of nitriles is 1. The number of ether oxygens (including phenoxy) is 4. The molecule has 0 spiro atoms. The summed E-state index contributed by atoms with van der Waals surface area (Å²) in [5.74, 6) is 0.0821. The van der Waals surface area contributed by atoms with Gasteiger partial charge in [0.2, 0.25) is 5.75 Å². The minimum Gasteiger partial charge on any atom is -0.490 e. The van der Waals surface area contributed by atoms with Gasteiger partial charge in [0.1, 0.15) is 5.54 Å². The molecule has 1 aromatic carbocycles. The van der Waals surface area contributed by atoms with E-state index in [9.17, 15) is 14.9 Å². The van der Waals surface area contributed by atoms with E-state index in [0.717, 1.165) is 19.3 Å². The Labute approximate surface area is 184 Å². The number of benzene rings is 1. The summed E-state index contributed by atoms with van der Waals surface area (Å²) in [6.07, 6.45) is 4.12. The van der Waals surface area contributed by atoms with Crippen molar-refractivity contribution in [3.05, 3.63) is 17.7 Å². The summed E-state index contributed by atoms with van der Waals surface area (Å²) in [6, 6.07) is 5.33. The highest BCUT2D eigenvalue weighted by Gasteiger charge is 2.39. The molecular weight excluding hydrogens is 400 g/mol. The summed E-state index contributed by atoms with van der Waals surface area (Å²) in [6.45, 7) is 6.21. The third-order valence-corrected chi connectivity index (χ3v) is 5.38. The average Bonchev–Trinajstić information content (AvgIpc) is 2.79. The number of likely N-dealkylation sites (N-methyl/N-ethyl adjacent to an activating group) is 1. The quantitative estimate of drug-likeness (QED) is 0.520. The van der Waals surface area contributed by atoms with Crippen LogP contribution < -0.4 is 14.2 Å². The van der Waals surface area contributed by atoms with Crippen LogP contribution in [0.4, 0.5) is 0 Å². The molecule has 0 aromatic heterocycles. The Bertz CT molecular complexity index is 784. The molecule has 8 heteroatoms. The number of hydrogen-bond donors (Lipinski definition) is 0. The van der Waals surface area contributed by atoms with Crippen LogP contribution in [0.2, 0.25) is 0 Å². The summed E-state index contributed by atoms with van der Waals surface area (Å²) in [5, 5.41) is 9.66. The Hall–Kier alpha value is -2.95. The summed E-state index contributed by atoms with van der Waals surface area (Å²) in [4.78, 5) is 26.7. The van der Waals surface area contributed by atoms with E-state index in [1.54, 1.807) is 7.05 Å². The molecule has 2 rings (SSSR count). The highest BCUT2D eigenvalue weighted by molar-refractivity contribution is 5.93. The SMILES string of the molecule is CCOc1cc(C(=O)OCC(=O)N(C)C2(C#N)CCCCC2)cc(OCC)c1OCC. The molecule has 1 saturated carbocycles. The Kier molecular flexibility index (Phi) is 8.98. The summed E-state index contributed by atoms with van der Waals surface area (Å²) < 4.78 is 22.1. The summed E-state index contributed by atoms with van der Waals surface area (Å²) >= 11 is 0. The number of amides is 1. The van der Waals surface area contributed by atoms with Gasteiger partial charge in [-0.1, -0.05) is 19.3 Å². The zero-order chi connectivity index (χ0) is 22.9. The lowest BCUT2D eigenvalue weighted by Crippen LogP contribution is -2.51. The fourth-order valence-corrected chi connectivity index (χ4v) is 3.71. The summed E-state index contributed by atoms with van der Waals surface area (Å²) in [7, 11) is 1.60. The molecule has 1 aromatic rings. The number of carbonyl (C=O) groups is 2. The van der Waals surface area contributed by atoms with Crippen LogP contribution in [0.1, 0.15) is 63.2 Å². The van der Waals surface area contributed by atoms with Gasteiger partial charge < -0.3 is 23.8 Å². The molecule has 1 fully saturated rings. The van der Waals surface area contributed by atoms with E-state index in [-0.39, 0.29) is 5.56 Å². The standard InChI is InChI=1S/C23H32N2O6/c1-5-28-18-13-17(14-19(29-6-2)21(18)30-7-3)22(27)31-15-20(26)25(4)23(16-24)11-9-8-10-12-23/h13-14H,5-12,15H2,1-4H3. The minimum absolute atomic E-state index is 0.193. The molecule has 0 N–H and O–H groups in total. The largest absolute Gasteiger partial charge is 0.490 e. The van der Waals surface area contributed by atoms with Gasteiger partial charge in [-0.25, -0.2) is 4.79 Å². The smallest absolute Gasteiger partial charge is 0.338 e. The van der Waals surface area contributed by atoms with Crippen molar-refractivity contribution in [2.24, 2.45) is 0 Å². The van der Waals surface area contributed by atoms with Crippen LogP contribution >= 0.6 is 0 Å². The van der Waals surface area contributed by atoms with E-state index in [1.165, 1.54) is 17.0 Å². The Morgan fingerprint density at radius 2 is 1.55 bits per heavy atom. The minimum atomic E-state index is -0.828. The molecule has 170 valence electrons. The van der Waals surface area contributed by atoms with Crippen molar-refractivity contribution in [3.63, 3.8) is 0 Å². The molecule has 1 amide bonds. The van der Waals surface area contributed by atoms with Crippen LogP contribution in [0.5, 0.6) is 17.2 Å². The first-order chi connectivity index (χ1) is 14.9. The molecule has 0 unspecified atom stereocenters. The summed E-state index contributed by atoms with van der Waals surface area (Å²) in [5.41, 5.74) is -0.635. The van der Waals surface area contributed by atoms with Crippen molar-refractivity contribution in [1.29, 1.82) is 5.26 Å². The molecule has 0 aliphatic heterocycles. The van der Waals surface area contributed by atoms with Gasteiger partial charge in [0.25, 0.3) is 5.91 Å². The number of esters is 1. The monoisotopic (exact) mass is 432 g/mol. The number of rotatable bonds is 10. The molecule has 8 nitrogen and oxygen atoms in total. The molecule has 0 atom stereocenters. The van der Waals surface area contributed by atoms with E-state index in [4.69, 9.17) is 18.9 Å². The Balaban J connectivity index is 2.15. The zero-order valence-electron chi connectivity index (χ0n) is 18.9. The van der Waals surface area contributed by atoms with Crippen molar-refractivity contribution in [3.8, 4) is 23.3 Å². The predicted molar refractivity (Wildman–Crippen MR) is 114 cm³/mol. The maximum Gasteiger partial charge on any atom is 0.338 e. The zero-order valence-corrected chi connectivity index (χ0v) is 18.9. The molecule has 1 aliphatic rings. The van der Waals surface area contributed by atoms with Gasteiger partial charge in [0.15, 0.2) is 18.1 Å². The first-order valence-corrected chi connectivity index (χ1v) is 10.8. The molecular formula is C23H32N2O6. The molecule has 0 saturated heterocycles. The van der Waals surface area contributed by atoms with Crippen molar-refractivity contribution < 1.29 is 28.5 Å². The predicted octanol–water partition coefficient (Wildman–Crippen LogP) is 3.72. The molecule has 0 bridgehead atoms. The van der Waals surface area contributed by atoms with Gasteiger partial charge in [-0.15, -0.1) is 0 Å². The average molecular weight is 433 g/mol. The second-order valence-electron chi connectivity index (χ2n) is 7.33. The normalized spacial score (nSPS) is 14.8. The van der Waals surface area contributed by atoms with Gasteiger partial charge in [-0.05, 0) is 45.7 Å². The fraction of sp³-hybridized carbons (Fsp3) is 0.609. The highest BCUT2D eigenvalue weighted by Crippen LogP contribution is 2.39. The van der Waals surface area contributed by atoms with Crippen molar-refractivity contribution in [2.75, 3.05) is 33.5 Å². The van der Waals surface area contributed by atoms with Gasteiger partial charge in [0.05, 0.1) is 31.5 Å². The first-order valence-electron chi connectivity index (χ1n) is 10.8. The molecule has 1 aliphatic carbocycles. The lowest BCUT2D eigenvalue weighted by atomic mass is 9.81. The van der Waals surface area contributed by atoms with Gasteiger partial charge in [-0.2, -0.15) is 5.26 Å². The third kappa shape index (κ3) is 5.81. The van der Waals surface area contributed by atoms with Crippen LogP contribution in [-0.2, 0) is 9.53 Å². The van der Waals surface area contributed by atoms with Crippen molar-refractivity contribution in [2.45, 2.75) is 58.4 Å². The Morgan fingerprint density at radius 3 is 2.03 bits per heavy atom. The van der Waals surface area contributed by atoms with Gasteiger partial charge >= 0.3 is 5.97 Å².